The van der Waals surface area contributed by atoms with Gasteiger partial charge in [-0.1, -0.05) is 13.3 Å². The normalized spacial score (nSPS) is 26.7. The number of nitrogens with two attached hydrogens (primary N) is 1. The van der Waals surface area contributed by atoms with Crippen LogP contribution in [0.4, 0.5) is 0 Å². The first kappa shape index (κ1) is 15.7. The van der Waals surface area contributed by atoms with E-state index in [0.717, 1.165) is 32.3 Å². The Balaban J connectivity index is 0.00000225. The monoisotopic (exact) mass is 250 g/mol. The highest BCUT2D eigenvalue weighted by atomic mass is 35.5. The molecule has 1 saturated heterocycles. The van der Waals surface area contributed by atoms with Crippen molar-refractivity contribution in [3.05, 3.63) is 0 Å². The predicted octanol–water partition coefficient (Wildman–Crippen LogP) is 1.22. The molecule has 96 valence electrons. The van der Waals surface area contributed by atoms with E-state index in [-0.39, 0.29) is 36.5 Å². The lowest BCUT2D eigenvalue weighted by Gasteiger charge is -2.28. The van der Waals surface area contributed by atoms with E-state index in [0.29, 0.717) is 0 Å². The molecule has 0 aromatic carbocycles. The maximum absolute atomic E-state index is 11.6. The van der Waals surface area contributed by atoms with Crippen molar-refractivity contribution in [2.45, 2.75) is 57.7 Å². The van der Waals surface area contributed by atoms with Crippen LogP contribution in [-0.4, -0.2) is 30.7 Å². The molecule has 0 bridgehead atoms. The van der Waals surface area contributed by atoms with Gasteiger partial charge < -0.3 is 15.8 Å². The largest absolute Gasteiger partial charge is 0.378 e. The fourth-order valence-corrected chi connectivity index (χ4v) is 1.88. The molecule has 0 aromatic heterocycles. The second-order valence-electron chi connectivity index (χ2n) is 4.31. The molecule has 1 fully saturated rings. The second-order valence-corrected chi connectivity index (χ2v) is 4.31. The predicted molar refractivity (Wildman–Crippen MR) is 66.7 cm³/mol. The van der Waals surface area contributed by atoms with Gasteiger partial charge in [-0.25, -0.2) is 0 Å². The molecule has 1 rings (SSSR count). The van der Waals surface area contributed by atoms with Crippen LogP contribution in [0.5, 0.6) is 0 Å². The molecule has 0 spiro atoms. The van der Waals surface area contributed by atoms with E-state index >= 15 is 0 Å². The zero-order valence-electron chi connectivity index (χ0n) is 10.1. The maximum atomic E-state index is 11.6. The molecule has 1 amide bonds. The Morgan fingerprint density at radius 2 is 2.31 bits per heavy atom. The lowest BCUT2D eigenvalue weighted by atomic mass is 10.0. The fraction of sp³-hybridized carbons (Fsp3) is 0.909. The number of hydrogen-bond donors (Lipinski definition) is 2. The van der Waals surface area contributed by atoms with Crippen molar-refractivity contribution in [1.82, 2.24) is 5.32 Å². The van der Waals surface area contributed by atoms with Gasteiger partial charge in [0.15, 0.2) is 0 Å². The van der Waals surface area contributed by atoms with Crippen molar-refractivity contribution in [3.63, 3.8) is 0 Å². The maximum Gasteiger partial charge on any atom is 0.237 e. The van der Waals surface area contributed by atoms with Gasteiger partial charge in [0, 0.05) is 12.6 Å². The Labute approximate surface area is 104 Å². The van der Waals surface area contributed by atoms with E-state index in [2.05, 4.69) is 5.32 Å². The number of amides is 1. The average molecular weight is 251 g/mol. The van der Waals surface area contributed by atoms with Crippen molar-refractivity contribution >= 4 is 18.3 Å². The van der Waals surface area contributed by atoms with Crippen LogP contribution in [-0.2, 0) is 9.53 Å². The van der Waals surface area contributed by atoms with Crippen LogP contribution < -0.4 is 11.1 Å². The van der Waals surface area contributed by atoms with Gasteiger partial charge in [0.2, 0.25) is 5.91 Å². The third kappa shape index (κ3) is 5.14. The summed E-state index contributed by atoms with van der Waals surface area (Å²) < 4.78 is 5.42. The molecule has 4 nitrogen and oxygen atoms in total. The molecule has 0 aromatic rings. The summed E-state index contributed by atoms with van der Waals surface area (Å²) in [6.45, 7) is 4.79. The number of hydrogen-bond acceptors (Lipinski definition) is 3. The molecule has 16 heavy (non-hydrogen) atoms. The van der Waals surface area contributed by atoms with Gasteiger partial charge in [0.1, 0.15) is 0 Å². The van der Waals surface area contributed by atoms with Gasteiger partial charge >= 0.3 is 0 Å². The summed E-state index contributed by atoms with van der Waals surface area (Å²) in [5, 5.41) is 2.99. The number of carbonyl (C=O) groups excluding carboxylic acids is 1. The van der Waals surface area contributed by atoms with Crippen LogP contribution in [0.15, 0.2) is 0 Å². The first-order valence-electron chi connectivity index (χ1n) is 5.81. The average Bonchev–Trinajstić information content (AvgIpc) is 2.18. The molecule has 3 unspecified atom stereocenters. The van der Waals surface area contributed by atoms with Crippen LogP contribution in [0.2, 0.25) is 0 Å². The molecule has 0 saturated carbocycles. The lowest BCUT2D eigenvalue weighted by molar-refractivity contribution is -0.124. The van der Waals surface area contributed by atoms with Gasteiger partial charge in [0.25, 0.3) is 0 Å². The molecule has 0 aliphatic carbocycles. The molecule has 5 heteroatoms. The summed E-state index contributed by atoms with van der Waals surface area (Å²) in [5.74, 6) is -0.0176. The SMILES string of the molecule is CCCC(N)C(=O)NC1CCOC(C)C1.Cl. The summed E-state index contributed by atoms with van der Waals surface area (Å²) in [4.78, 5) is 11.6. The topological polar surface area (TPSA) is 64.4 Å². The minimum absolute atomic E-state index is 0. The zero-order chi connectivity index (χ0) is 11.3. The molecular formula is C11H23ClN2O2. The summed E-state index contributed by atoms with van der Waals surface area (Å²) >= 11 is 0. The Kier molecular flexibility index (Phi) is 7.72. The molecule has 3 atom stereocenters. The highest BCUT2D eigenvalue weighted by Crippen LogP contribution is 2.13. The van der Waals surface area contributed by atoms with Crippen molar-refractivity contribution < 1.29 is 9.53 Å². The van der Waals surface area contributed by atoms with E-state index < -0.39 is 0 Å². The first-order chi connectivity index (χ1) is 7.13. The summed E-state index contributed by atoms with van der Waals surface area (Å²) in [7, 11) is 0. The summed E-state index contributed by atoms with van der Waals surface area (Å²) in [6, 6.07) is -0.114. The van der Waals surface area contributed by atoms with Crippen LogP contribution in [0.25, 0.3) is 0 Å². The van der Waals surface area contributed by atoms with Crippen molar-refractivity contribution in [1.29, 1.82) is 0 Å². The molecule has 3 N–H and O–H groups in total. The zero-order valence-corrected chi connectivity index (χ0v) is 10.9. The Bertz CT molecular complexity index is 214. The second kappa shape index (κ2) is 7.87. The summed E-state index contributed by atoms with van der Waals surface area (Å²) in [6.07, 6.45) is 3.73. The Morgan fingerprint density at radius 3 is 2.88 bits per heavy atom. The van der Waals surface area contributed by atoms with Gasteiger partial charge in [0.05, 0.1) is 12.1 Å². The quantitative estimate of drug-likeness (QED) is 0.789. The van der Waals surface area contributed by atoms with E-state index in [9.17, 15) is 4.79 Å². The number of carbonyl (C=O) groups is 1. The smallest absolute Gasteiger partial charge is 0.237 e. The van der Waals surface area contributed by atoms with Gasteiger partial charge in [-0.15, -0.1) is 12.4 Å². The van der Waals surface area contributed by atoms with Gasteiger partial charge in [-0.3, -0.25) is 4.79 Å². The van der Waals surface area contributed by atoms with Crippen LogP contribution >= 0.6 is 12.4 Å². The first-order valence-corrected chi connectivity index (χ1v) is 5.81. The fourth-order valence-electron chi connectivity index (χ4n) is 1.88. The van der Waals surface area contributed by atoms with E-state index in [1.54, 1.807) is 0 Å². The molecular weight excluding hydrogens is 228 g/mol. The molecule has 0 radical (unpaired) electrons. The van der Waals surface area contributed by atoms with E-state index in [4.69, 9.17) is 10.5 Å². The molecule has 1 aliphatic heterocycles. The third-order valence-electron chi connectivity index (χ3n) is 2.77. The number of halogens is 1. The Morgan fingerprint density at radius 1 is 1.62 bits per heavy atom. The standard InChI is InChI=1S/C11H22N2O2.ClH/c1-3-4-10(12)11(14)13-9-5-6-15-8(2)7-9;/h8-10H,3-7,12H2,1-2H3,(H,13,14);1H. The van der Waals surface area contributed by atoms with Crippen LogP contribution in [0, 0.1) is 0 Å². The third-order valence-corrected chi connectivity index (χ3v) is 2.77. The van der Waals surface area contributed by atoms with Crippen LogP contribution in [0.1, 0.15) is 39.5 Å². The van der Waals surface area contributed by atoms with Crippen LogP contribution in [0.3, 0.4) is 0 Å². The number of ether oxygens (including phenoxy) is 1. The van der Waals surface area contributed by atoms with Crippen molar-refractivity contribution in [2.24, 2.45) is 5.73 Å². The summed E-state index contributed by atoms with van der Waals surface area (Å²) in [5.41, 5.74) is 5.74. The highest BCUT2D eigenvalue weighted by Gasteiger charge is 2.22. The van der Waals surface area contributed by atoms with Crippen molar-refractivity contribution in [3.8, 4) is 0 Å². The van der Waals surface area contributed by atoms with Gasteiger partial charge in [-0.05, 0) is 26.2 Å². The Hall–Kier alpha value is -0.320. The minimum atomic E-state index is -0.354. The highest BCUT2D eigenvalue weighted by molar-refractivity contribution is 5.85. The van der Waals surface area contributed by atoms with E-state index in [1.165, 1.54) is 0 Å². The molecule has 1 heterocycles. The van der Waals surface area contributed by atoms with Gasteiger partial charge in [-0.2, -0.15) is 0 Å². The number of rotatable bonds is 4. The lowest BCUT2D eigenvalue weighted by Crippen LogP contribution is -2.48. The van der Waals surface area contributed by atoms with Crippen molar-refractivity contribution in [2.75, 3.05) is 6.61 Å². The molecule has 1 aliphatic rings. The van der Waals surface area contributed by atoms with E-state index in [1.807, 2.05) is 13.8 Å². The number of nitrogens with one attached hydrogen (secondary N) is 1. The minimum Gasteiger partial charge on any atom is -0.378 e.